The SMILES string of the molecule is CCNC(=O)c1ccc(NCC2(O)CCC2)c(N)c1. The molecular weight excluding hydrogens is 242 g/mol. The summed E-state index contributed by atoms with van der Waals surface area (Å²) in [5.74, 6) is -0.127. The fourth-order valence-corrected chi connectivity index (χ4v) is 2.15. The van der Waals surface area contributed by atoms with Crippen LogP contribution in [0.3, 0.4) is 0 Å². The molecule has 1 amide bonds. The summed E-state index contributed by atoms with van der Waals surface area (Å²) in [4.78, 5) is 11.7. The van der Waals surface area contributed by atoms with Crippen molar-refractivity contribution >= 4 is 17.3 Å². The Bertz CT molecular complexity index is 470. The molecule has 1 aromatic rings. The van der Waals surface area contributed by atoms with Gasteiger partial charge in [-0.2, -0.15) is 0 Å². The summed E-state index contributed by atoms with van der Waals surface area (Å²) in [5, 5.41) is 15.9. The summed E-state index contributed by atoms with van der Waals surface area (Å²) in [6.45, 7) is 2.96. The molecule has 1 fully saturated rings. The van der Waals surface area contributed by atoms with Gasteiger partial charge in [0.05, 0.1) is 17.0 Å². The van der Waals surface area contributed by atoms with Crippen molar-refractivity contribution in [2.24, 2.45) is 0 Å². The Balaban J connectivity index is 2.00. The number of amides is 1. The highest BCUT2D eigenvalue weighted by Gasteiger charge is 2.34. The van der Waals surface area contributed by atoms with E-state index in [1.807, 2.05) is 6.92 Å². The molecule has 0 bridgehead atoms. The third-order valence-electron chi connectivity index (χ3n) is 3.54. The molecule has 19 heavy (non-hydrogen) atoms. The number of rotatable bonds is 5. The van der Waals surface area contributed by atoms with Gasteiger partial charge in [-0.25, -0.2) is 0 Å². The smallest absolute Gasteiger partial charge is 0.251 e. The van der Waals surface area contributed by atoms with Gasteiger partial charge in [0.25, 0.3) is 5.91 Å². The lowest BCUT2D eigenvalue weighted by atomic mass is 9.80. The molecule has 1 aliphatic carbocycles. The van der Waals surface area contributed by atoms with Gasteiger partial charge >= 0.3 is 0 Å². The quantitative estimate of drug-likeness (QED) is 0.604. The van der Waals surface area contributed by atoms with Gasteiger partial charge < -0.3 is 21.5 Å². The molecule has 1 aromatic carbocycles. The first-order valence-electron chi connectivity index (χ1n) is 6.68. The second-order valence-corrected chi connectivity index (χ2v) is 5.09. The van der Waals surface area contributed by atoms with E-state index in [0.717, 1.165) is 24.9 Å². The zero-order valence-corrected chi connectivity index (χ0v) is 11.2. The van der Waals surface area contributed by atoms with E-state index in [4.69, 9.17) is 5.73 Å². The Hall–Kier alpha value is -1.75. The van der Waals surface area contributed by atoms with E-state index in [-0.39, 0.29) is 5.91 Å². The Kier molecular flexibility index (Phi) is 3.95. The van der Waals surface area contributed by atoms with Crippen LogP contribution in [0.5, 0.6) is 0 Å². The van der Waals surface area contributed by atoms with Crippen LogP contribution in [0.1, 0.15) is 36.5 Å². The van der Waals surface area contributed by atoms with Gasteiger partial charge in [0.1, 0.15) is 0 Å². The van der Waals surface area contributed by atoms with Crippen LogP contribution < -0.4 is 16.4 Å². The molecule has 0 saturated heterocycles. The minimum Gasteiger partial charge on any atom is -0.397 e. The number of carbonyl (C=O) groups is 1. The van der Waals surface area contributed by atoms with Gasteiger partial charge in [-0.1, -0.05) is 0 Å². The fourth-order valence-electron chi connectivity index (χ4n) is 2.15. The third-order valence-corrected chi connectivity index (χ3v) is 3.54. The van der Waals surface area contributed by atoms with Crippen molar-refractivity contribution in [3.8, 4) is 0 Å². The summed E-state index contributed by atoms with van der Waals surface area (Å²) >= 11 is 0. The van der Waals surface area contributed by atoms with Crippen LogP contribution in [0.4, 0.5) is 11.4 Å². The maximum atomic E-state index is 11.7. The highest BCUT2D eigenvalue weighted by Crippen LogP contribution is 2.32. The van der Waals surface area contributed by atoms with Crippen LogP contribution in [0.2, 0.25) is 0 Å². The first-order valence-corrected chi connectivity index (χ1v) is 6.68. The molecule has 0 aromatic heterocycles. The van der Waals surface area contributed by atoms with Crippen LogP contribution in [-0.4, -0.2) is 29.7 Å². The molecule has 2 rings (SSSR count). The number of anilines is 2. The largest absolute Gasteiger partial charge is 0.397 e. The van der Waals surface area contributed by atoms with Crippen molar-refractivity contribution in [3.63, 3.8) is 0 Å². The molecule has 5 nitrogen and oxygen atoms in total. The summed E-state index contributed by atoms with van der Waals surface area (Å²) in [6.07, 6.45) is 2.73. The minimum absolute atomic E-state index is 0.127. The van der Waals surface area contributed by atoms with Crippen LogP contribution in [0.15, 0.2) is 18.2 Å². The summed E-state index contributed by atoms with van der Waals surface area (Å²) < 4.78 is 0. The molecule has 1 aliphatic rings. The van der Waals surface area contributed by atoms with Crippen LogP contribution in [-0.2, 0) is 0 Å². The third kappa shape index (κ3) is 3.17. The fraction of sp³-hybridized carbons (Fsp3) is 0.500. The number of hydrogen-bond donors (Lipinski definition) is 4. The van der Waals surface area contributed by atoms with Gasteiger partial charge in [0.2, 0.25) is 0 Å². The molecule has 5 heteroatoms. The lowest BCUT2D eigenvalue weighted by molar-refractivity contribution is -0.0201. The van der Waals surface area contributed by atoms with Crippen molar-refractivity contribution in [2.75, 3.05) is 24.1 Å². The number of nitrogens with one attached hydrogen (secondary N) is 2. The van der Waals surface area contributed by atoms with Crippen molar-refractivity contribution in [1.29, 1.82) is 0 Å². The Morgan fingerprint density at radius 1 is 1.47 bits per heavy atom. The molecule has 0 radical (unpaired) electrons. The Labute approximate surface area is 113 Å². The van der Waals surface area contributed by atoms with Crippen molar-refractivity contribution < 1.29 is 9.90 Å². The van der Waals surface area contributed by atoms with Crippen LogP contribution >= 0.6 is 0 Å². The van der Waals surface area contributed by atoms with E-state index in [9.17, 15) is 9.90 Å². The molecule has 5 N–H and O–H groups in total. The monoisotopic (exact) mass is 263 g/mol. The Morgan fingerprint density at radius 2 is 2.21 bits per heavy atom. The first kappa shape index (κ1) is 13.7. The number of benzene rings is 1. The molecule has 0 unspecified atom stereocenters. The molecule has 1 saturated carbocycles. The number of nitrogen functional groups attached to an aromatic ring is 1. The summed E-state index contributed by atoms with van der Waals surface area (Å²) in [6, 6.07) is 5.16. The molecule has 104 valence electrons. The molecular formula is C14H21N3O2. The highest BCUT2D eigenvalue weighted by molar-refractivity contribution is 5.96. The highest BCUT2D eigenvalue weighted by atomic mass is 16.3. The minimum atomic E-state index is -0.593. The van der Waals surface area contributed by atoms with Crippen molar-refractivity contribution in [1.82, 2.24) is 5.32 Å². The number of nitrogens with two attached hydrogens (primary N) is 1. The van der Waals surface area contributed by atoms with Gasteiger partial charge in [-0.3, -0.25) is 4.79 Å². The van der Waals surface area contributed by atoms with Gasteiger partial charge in [-0.15, -0.1) is 0 Å². The van der Waals surface area contributed by atoms with E-state index in [1.165, 1.54) is 0 Å². The standard InChI is InChI=1S/C14H21N3O2/c1-2-16-13(18)10-4-5-12(11(15)8-10)17-9-14(19)6-3-7-14/h4-5,8,17,19H,2-3,6-7,9,15H2,1H3,(H,16,18). The molecule has 0 heterocycles. The first-order chi connectivity index (χ1) is 9.04. The average Bonchev–Trinajstić information content (AvgIpc) is 2.35. The maximum Gasteiger partial charge on any atom is 0.251 e. The average molecular weight is 263 g/mol. The normalized spacial score (nSPS) is 16.5. The second-order valence-electron chi connectivity index (χ2n) is 5.09. The van der Waals surface area contributed by atoms with Gasteiger partial charge in [0, 0.05) is 18.7 Å². The van der Waals surface area contributed by atoms with Crippen LogP contribution in [0.25, 0.3) is 0 Å². The second kappa shape index (κ2) is 5.48. The van der Waals surface area contributed by atoms with Gasteiger partial charge in [-0.05, 0) is 44.4 Å². The van der Waals surface area contributed by atoms with E-state index in [1.54, 1.807) is 18.2 Å². The predicted octanol–water partition coefficient (Wildman–Crippen LogP) is 1.35. The van der Waals surface area contributed by atoms with E-state index in [0.29, 0.717) is 24.3 Å². The molecule has 0 atom stereocenters. The lowest BCUT2D eigenvalue weighted by Gasteiger charge is -2.37. The van der Waals surface area contributed by atoms with Crippen LogP contribution in [0, 0.1) is 0 Å². The van der Waals surface area contributed by atoms with E-state index in [2.05, 4.69) is 10.6 Å². The number of carbonyl (C=O) groups excluding carboxylic acids is 1. The number of aliphatic hydroxyl groups is 1. The maximum absolute atomic E-state index is 11.7. The van der Waals surface area contributed by atoms with Crippen molar-refractivity contribution in [2.45, 2.75) is 31.8 Å². The van der Waals surface area contributed by atoms with E-state index >= 15 is 0 Å². The summed E-state index contributed by atoms with van der Waals surface area (Å²) in [5.41, 5.74) is 7.15. The topological polar surface area (TPSA) is 87.4 Å². The predicted molar refractivity (Wildman–Crippen MR) is 76.2 cm³/mol. The molecule has 0 aliphatic heterocycles. The zero-order valence-electron chi connectivity index (χ0n) is 11.2. The number of hydrogen-bond acceptors (Lipinski definition) is 4. The lowest BCUT2D eigenvalue weighted by Crippen LogP contribution is -2.43. The molecule has 0 spiro atoms. The van der Waals surface area contributed by atoms with Gasteiger partial charge in [0.15, 0.2) is 0 Å². The Morgan fingerprint density at radius 3 is 2.74 bits per heavy atom. The summed E-state index contributed by atoms with van der Waals surface area (Å²) in [7, 11) is 0. The van der Waals surface area contributed by atoms with E-state index < -0.39 is 5.60 Å². The zero-order chi connectivity index (χ0) is 13.9. The van der Waals surface area contributed by atoms with Crippen molar-refractivity contribution in [3.05, 3.63) is 23.8 Å².